The van der Waals surface area contributed by atoms with Crippen LogP contribution < -0.4 is 5.32 Å². The normalized spacial score (nSPS) is 25.7. The van der Waals surface area contributed by atoms with Crippen molar-refractivity contribution in [3.05, 3.63) is 0 Å². The first-order chi connectivity index (χ1) is 8.71. The van der Waals surface area contributed by atoms with Crippen LogP contribution in [-0.4, -0.2) is 51.6 Å². The lowest BCUT2D eigenvalue weighted by molar-refractivity contribution is -0.146. The minimum Gasteiger partial charge on any atom is -0.468 e. The van der Waals surface area contributed by atoms with Crippen molar-refractivity contribution in [3.63, 3.8) is 0 Å². The Morgan fingerprint density at radius 2 is 2.06 bits per heavy atom. The molecule has 0 amide bonds. The lowest BCUT2D eigenvalue weighted by Gasteiger charge is -2.29. The fourth-order valence-electron chi connectivity index (χ4n) is 2.30. The molecule has 0 bridgehead atoms. The molecule has 0 aromatic rings. The summed E-state index contributed by atoms with van der Waals surface area (Å²) in [5.74, 6) is -0.268. The molecule has 5 nitrogen and oxygen atoms in total. The summed E-state index contributed by atoms with van der Waals surface area (Å²) in [5, 5.41) is 3.07. The van der Waals surface area contributed by atoms with Crippen molar-refractivity contribution in [1.29, 1.82) is 0 Å². The average Bonchev–Trinajstić information content (AvgIpc) is 2.42. The molecule has 1 saturated carbocycles. The van der Waals surface area contributed by atoms with E-state index < -0.39 is 0 Å². The monoisotopic (exact) mass is 259 g/mol. The van der Waals surface area contributed by atoms with Crippen LogP contribution in [0.15, 0.2) is 0 Å². The van der Waals surface area contributed by atoms with Crippen LogP contribution >= 0.6 is 0 Å². The Bertz CT molecular complexity index is 247. The molecular formula is C13H25NO4. The highest BCUT2D eigenvalue weighted by Crippen LogP contribution is 2.23. The number of ether oxygens (including phenoxy) is 3. The van der Waals surface area contributed by atoms with Crippen LogP contribution in [0.4, 0.5) is 0 Å². The molecule has 18 heavy (non-hydrogen) atoms. The summed E-state index contributed by atoms with van der Waals surface area (Å²) in [6.45, 7) is 3.04. The van der Waals surface area contributed by atoms with Crippen molar-refractivity contribution in [1.82, 2.24) is 5.32 Å². The maximum absolute atomic E-state index is 11.5. The van der Waals surface area contributed by atoms with Gasteiger partial charge in [0.2, 0.25) is 0 Å². The Morgan fingerprint density at radius 3 is 2.67 bits per heavy atom. The number of methoxy groups -OCH3 is 2. The molecule has 1 aliphatic rings. The largest absolute Gasteiger partial charge is 0.468 e. The van der Waals surface area contributed by atoms with Crippen molar-refractivity contribution < 1.29 is 19.0 Å². The molecule has 1 fully saturated rings. The summed E-state index contributed by atoms with van der Waals surface area (Å²) in [4.78, 5) is 11.5. The van der Waals surface area contributed by atoms with Crippen molar-refractivity contribution in [2.24, 2.45) is 0 Å². The Kier molecular flexibility index (Phi) is 7.23. The second-order valence-corrected chi connectivity index (χ2v) is 4.61. The zero-order chi connectivity index (χ0) is 13.4. The second kappa shape index (κ2) is 8.45. The van der Waals surface area contributed by atoms with Crippen molar-refractivity contribution in [2.75, 3.05) is 27.4 Å². The molecule has 0 saturated heterocycles. The summed E-state index contributed by atoms with van der Waals surface area (Å²) >= 11 is 0. The van der Waals surface area contributed by atoms with Gasteiger partial charge in [-0.2, -0.15) is 0 Å². The van der Waals surface area contributed by atoms with Crippen molar-refractivity contribution >= 4 is 5.97 Å². The van der Waals surface area contributed by atoms with Gasteiger partial charge in [0.05, 0.1) is 25.9 Å². The maximum Gasteiger partial charge on any atom is 0.325 e. The van der Waals surface area contributed by atoms with E-state index in [2.05, 4.69) is 5.32 Å². The number of hydrogen-bond donors (Lipinski definition) is 1. The van der Waals surface area contributed by atoms with Gasteiger partial charge in [0.25, 0.3) is 0 Å². The Balaban J connectivity index is 2.34. The molecule has 0 heterocycles. The lowest BCUT2D eigenvalue weighted by Crippen LogP contribution is -2.42. The summed E-state index contributed by atoms with van der Waals surface area (Å²) < 4.78 is 15.9. The number of carbonyl (C=O) groups is 1. The average molecular weight is 259 g/mol. The predicted molar refractivity (Wildman–Crippen MR) is 68.5 cm³/mol. The lowest BCUT2D eigenvalue weighted by atomic mass is 9.95. The fourth-order valence-corrected chi connectivity index (χ4v) is 2.30. The summed E-state index contributed by atoms with van der Waals surface area (Å²) in [5.41, 5.74) is 0. The van der Waals surface area contributed by atoms with Crippen LogP contribution in [0.25, 0.3) is 0 Å². The van der Waals surface area contributed by atoms with E-state index in [1.54, 1.807) is 7.11 Å². The van der Waals surface area contributed by atoms with E-state index in [0.717, 1.165) is 25.7 Å². The summed E-state index contributed by atoms with van der Waals surface area (Å²) in [7, 11) is 3.14. The number of likely N-dealkylation sites (N-methyl/N-ethyl adjacent to an activating group) is 1. The van der Waals surface area contributed by atoms with Crippen LogP contribution in [0.3, 0.4) is 0 Å². The molecule has 3 unspecified atom stereocenters. The van der Waals surface area contributed by atoms with Crippen LogP contribution in [-0.2, 0) is 19.0 Å². The molecule has 1 rings (SSSR count). The highest BCUT2D eigenvalue weighted by atomic mass is 16.5. The van der Waals surface area contributed by atoms with E-state index in [9.17, 15) is 4.79 Å². The third-order valence-electron chi connectivity index (χ3n) is 3.35. The van der Waals surface area contributed by atoms with Gasteiger partial charge in [-0.05, 0) is 32.2 Å². The highest BCUT2D eigenvalue weighted by Gasteiger charge is 2.25. The zero-order valence-electron chi connectivity index (χ0n) is 11.6. The third-order valence-corrected chi connectivity index (χ3v) is 3.35. The first-order valence-electron chi connectivity index (χ1n) is 6.66. The quantitative estimate of drug-likeness (QED) is 0.694. The molecule has 1 aliphatic carbocycles. The Labute approximate surface area is 109 Å². The van der Waals surface area contributed by atoms with E-state index >= 15 is 0 Å². The Morgan fingerprint density at radius 1 is 1.33 bits per heavy atom. The van der Waals surface area contributed by atoms with Gasteiger partial charge in [-0.25, -0.2) is 0 Å². The molecule has 5 heteroatoms. The van der Waals surface area contributed by atoms with Gasteiger partial charge in [-0.15, -0.1) is 0 Å². The summed E-state index contributed by atoms with van der Waals surface area (Å²) in [6, 6.07) is -0.372. The smallest absolute Gasteiger partial charge is 0.325 e. The number of carbonyl (C=O) groups excluding carboxylic acids is 1. The number of esters is 1. The highest BCUT2D eigenvalue weighted by molar-refractivity contribution is 5.75. The van der Waals surface area contributed by atoms with Crippen molar-refractivity contribution in [2.45, 2.75) is 50.9 Å². The number of rotatable bonds is 7. The first kappa shape index (κ1) is 15.4. The van der Waals surface area contributed by atoms with Gasteiger partial charge < -0.3 is 19.5 Å². The molecule has 0 aliphatic heterocycles. The molecule has 3 atom stereocenters. The zero-order valence-corrected chi connectivity index (χ0v) is 11.6. The third kappa shape index (κ3) is 4.92. The molecule has 0 aromatic heterocycles. The number of nitrogens with one attached hydrogen (secondary N) is 1. The van der Waals surface area contributed by atoms with Crippen LogP contribution in [0.5, 0.6) is 0 Å². The van der Waals surface area contributed by atoms with Gasteiger partial charge >= 0.3 is 5.97 Å². The van der Waals surface area contributed by atoms with Crippen LogP contribution in [0.1, 0.15) is 32.6 Å². The van der Waals surface area contributed by atoms with Crippen LogP contribution in [0.2, 0.25) is 0 Å². The van der Waals surface area contributed by atoms with Gasteiger partial charge in [0, 0.05) is 7.11 Å². The molecule has 0 aromatic carbocycles. The van der Waals surface area contributed by atoms with Crippen molar-refractivity contribution in [3.8, 4) is 0 Å². The summed E-state index contributed by atoms with van der Waals surface area (Å²) in [6.07, 6.45) is 4.65. The minimum atomic E-state index is -0.372. The molecular weight excluding hydrogens is 234 g/mol. The van der Waals surface area contributed by atoms with Crippen LogP contribution in [0, 0.1) is 0 Å². The topological polar surface area (TPSA) is 56.8 Å². The molecule has 1 N–H and O–H groups in total. The van der Waals surface area contributed by atoms with E-state index in [4.69, 9.17) is 14.2 Å². The Hall–Kier alpha value is -0.650. The standard InChI is InChI=1S/C13H25NO4/c1-4-14-12(13(15)17-3)9-18-11-7-5-6-10(8-11)16-2/h10-12,14H,4-9H2,1-3H3. The SMILES string of the molecule is CCNC(COC1CCCC(OC)C1)C(=O)OC. The van der Waals surface area contributed by atoms with E-state index in [1.807, 2.05) is 6.92 Å². The maximum atomic E-state index is 11.5. The minimum absolute atomic E-state index is 0.189. The number of hydrogen-bond acceptors (Lipinski definition) is 5. The second-order valence-electron chi connectivity index (χ2n) is 4.61. The molecule has 0 spiro atoms. The van der Waals surface area contributed by atoms with E-state index in [-0.39, 0.29) is 18.1 Å². The van der Waals surface area contributed by atoms with Gasteiger partial charge in [0.1, 0.15) is 6.04 Å². The van der Waals surface area contributed by atoms with Gasteiger partial charge in [-0.3, -0.25) is 4.79 Å². The molecule has 0 radical (unpaired) electrons. The van der Waals surface area contributed by atoms with Gasteiger partial charge in [0.15, 0.2) is 0 Å². The fraction of sp³-hybridized carbons (Fsp3) is 0.923. The van der Waals surface area contributed by atoms with E-state index in [1.165, 1.54) is 7.11 Å². The predicted octanol–water partition coefficient (Wildman–Crippen LogP) is 1.11. The molecule has 106 valence electrons. The van der Waals surface area contributed by atoms with E-state index in [0.29, 0.717) is 19.3 Å². The van der Waals surface area contributed by atoms with Gasteiger partial charge in [-0.1, -0.05) is 6.92 Å². The first-order valence-corrected chi connectivity index (χ1v) is 6.66.